The summed E-state index contributed by atoms with van der Waals surface area (Å²) in [5.74, 6) is 1.43. The first-order chi connectivity index (χ1) is 8.81. The van der Waals surface area contributed by atoms with Crippen LogP contribution in [-0.4, -0.2) is 10.8 Å². The van der Waals surface area contributed by atoms with E-state index in [1.54, 1.807) is 6.20 Å². The fourth-order valence-corrected chi connectivity index (χ4v) is 3.10. The van der Waals surface area contributed by atoms with Gasteiger partial charge in [0.05, 0.1) is 0 Å². The van der Waals surface area contributed by atoms with Crippen molar-refractivity contribution in [2.24, 2.45) is 11.8 Å². The molecule has 0 aliphatic heterocycles. The summed E-state index contributed by atoms with van der Waals surface area (Å²) in [6.07, 6.45) is 9.31. The van der Waals surface area contributed by atoms with Gasteiger partial charge in [-0.25, -0.2) is 0 Å². The molecule has 2 rings (SSSR count). The van der Waals surface area contributed by atoms with Crippen molar-refractivity contribution in [3.8, 4) is 0 Å². The van der Waals surface area contributed by atoms with Crippen LogP contribution in [0, 0.1) is 11.8 Å². The van der Waals surface area contributed by atoms with Gasteiger partial charge in [-0.1, -0.05) is 32.3 Å². The number of ketones is 1. The minimum atomic E-state index is 0.326. The number of hydrogen-bond acceptors (Lipinski definition) is 2. The second-order valence-corrected chi connectivity index (χ2v) is 5.35. The average molecular weight is 245 g/mol. The molecule has 98 valence electrons. The third-order valence-corrected chi connectivity index (χ3v) is 4.20. The summed E-state index contributed by atoms with van der Waals surface area (Å²) in [6.45, 7) is 2.22. The van der Waals surface area contributed by atoms with Crippen LogP contribution in [0.4, 0.5) is 0 Å². The molecule has 1 aromatic heterocycles. The molecule has 1 fully saturated rings. The van der Waals surface area contributed by atoms with Crippen molar-refractivity contribution in [2.75, 3.05) is 0 Å². The summed E-state index contributed by atoms with van der Waals surface area (Å²) < 4.78 is 0. The zero-order valence-electron chi connectivity index (χ0n) is 11.3. The molecule has 2 heteroatoms. The van der Waals surface area contributed by atoms with E-state index in [1.165, 1.54) is 19.3 Å². The Morgan fingerprint density at radius 1 is 1.33 bits per heavy atom. The van der Waals surface area contributed by atoms with Gasteiger partial charge in [0, 0.05) is 24.2 Å². The number of carbonyl (C=O) groups excluding carboxylic acids is 1. The molecule has 0 aromatic carbocycles. The lowest BCUT2D eigenvalue weighted by molar-refractivity contribution is -0.125. The third-order valence-electron chi connectivity index (χ3n) is 4.20. The standard InChI is InChI=1S/C16H23NO/c1-2-13-7-3-4-9-15(13)16(18)11-10-14-8-5-6-12-17-14/h5-6,8,12-13,15H,2-4,7,9-11H2,1H3. The van der Waals surface area contributed by atoms with E-state index in [4.69, 9.17) is 0 Å². The molecule has 1 heterocycles. The highest BCUT2D eigenvalue weighted by Crippen LogP contribution is 2.33. The second kappa shape index (κ2) is 6.67. The van der Waals surface area contributed by atoms with Gasteiger partial charge in [-0.15, -0.1) is 0 Å². The van der Waals surface area contributed by atoms with E-state index in [0.29, 0.717) is 24.0 Å². The van der Waals surface area contributed by atoms with E-state index >= 15 is 0 Å². The van der Waals surface area contributed by atoms with Crippen LogP contribution >= 0.6 is 0 Å². The average Bonchev–Trinajstić information content (AvgIpc) is 2.45. The third kappa shape index (κ3) is 3.41. The largest absolute Gasteiger partial charge is 0.299 e. The van der Waals surface area contributed by atoms with Gasteiger partial charge in [0.2, 0.25) is 0 Å². The van der Waals surface area contributed by atoms with Crippen LogP contribution in [0.3, 0.4) is 0 Å². The molecular formula is C16H23NO. The van der Waals surface area contributed by atoms with Gasteiger partial charge < -0.3 is 0 Å². The molecule has 2 atom stereocenters. The Balaban J connectivity index is 1.87. The molecule has 2 nitrogen and oxygen atoms in total. The molecule has 2 unspecified atom stereocenters. The van der Waals surface area contributed by atoms with Crippen LogP contribution in [0.2, 0.25) is 0 Å². The van der Waals surface area contributed by atoms with Gasteiger partial charge in [-0.3, -0.25) is 9.78 Å². The number of nitrogens with zero attached hydrogens (tertiary/aromatic N) is 1. The summed E-state index contributed by atoms with van der Waals surface area (Å²) >= 11 is 0. The molecule has 1 saturated carbocycles. The van der Waals surface area contributed by atoms with Crippen molar-refractivity contribution in [3.63, 3.8) is 0 Å². The van der Waals surface area contributed by atoms with Crippen LogP contribution in [0.15, 0.2) is 24.4 Å². The fraction of sp³-hybridized carbons (Fsp3) is 0.625. The predicted octanol–water partition coefficient (Wildman–Crippen LogP) is 3.80. The number of aromatic nitrogens is 1. The molecule has 0 bridgehead atoms. The minimum absolute atomic E-state index is 0.326. The molecule has 18 heavy (non-hydrogen) atoms. The van der Waals surface area contributed by atoms with E-state index in [2.05, 4.69) is 11.9 Å². The molecule has 0 amide bonds. The topological polar surface area (TPSA) is 30.0 Å². The maximum atomic E-state index is 12.3. The Morgan fingerprint density at radius 2 is 2.17 bits per heavy atom. The predicted molar refractivity (Wildman–Crippen MR) is 73.3 cm³/mol. The van der Waals surface area contributed by atoms with Crippen molar-refractivity contribution >= 4 is 5.78 Å². The van der Waals surface area contributed by atoms with E-state index < -0.39 is 0 Å². The van der Waals surface area contributed by atoms with Crippen molar-refractivity contribution in [1.82, 2.24) is 4.98 Å². The molecule has 0 radical (unpaired) electrons. The molecule has 1 aromatic rings. The van der Waals surface area contributed by atoms with Gasteiger partial charge in [-0.05, 0) is 37.3 Å². The number of rotatable bonds is 5. The number of hydrogen-bond donors (Lipinski definition) is 0. The normalized spacial score (nSPS) is 23.8. The first kappa shape index (κ1) is 13.3. The lowest BCUT2D eigenvalue weighted by Crippen LogP contribution is -2.27. The molecular weight excluding hydrogens is 222 g/mol. The Kier molecular flexibility index (Phi) is 4.91. The van der Waals surface area contributed by atoms with Gasteiger partial charge in [0.25, 0.3) is 0 Å². The number of carbonyl (C=O) groups is 1. The quantitative estimate of drug-likeness (QED) is 0.789. The van der Waals surface area contributed by atoms with Crippen molar-refractivity contribution < 1.29 is 4.79 Å². The summed E-state index contributed by atoms with van der Waals surface area (Å²) in [7, 11) is 0. The fourth-order valence-electron chi connectivity index (χ4n) is 3.10. The van der Waals surface area contributed by atoms with Gasteiger partial charge in [0.1, 0.15) is 5.78 Å². The highest BCUT2D eigenvalue weighted by Gasteiger charge is 2.28. The maximum absolute atomic E-state index is 12.3. The maximum Gasteiger partial charge on any atom is 0.136 e. The van der Waals surface area contributed by atoms with E-state index in [1.807, 2.05) is 18.2 Å². The highest BCUT2D eigenvalue weighted by molar-refractivity contribution is 5.81. The Bertz CT molecular complexity index is 374. The van der Waals surface area contributed by atoms with E-state index in [9.17, 15) is 4.79 Å². The zero-order chi connectivity index (χ0) is 12.8. The SMILES string of the molecule is CCC1CCCCC1C(=O)CCc1ccccn1. The summed E-state index contributed by atoms with van der Waals surface area (Å²) in [5, 5.41) is 0. The number of aryl methyl sites for hydroxylation is 1. The Labute approximate surface area is 110 Å². The van der Waals surface area contributed by atoms with Crippen LogP contribution in [0.5, 0.6) is 0 Å². The number of Topliss-reactive ketones (excluding diaryl/α,β-unsaturated/α-hetero) is 1. The van der Waals surface area contributed by atoms with E-state index in [-0.39, 0.29) is 0 Å². The van der Waals surface area contributed by atoms with Gasteiger partial charge in [0.15, 0.2) is 0 Å². The summed E-state index contributed by atoms with van der Waals surface area (Å²) in [6, 6.07) is 5.91. The Hall–Kier alpha value is -1.18. The first-order valence-electron chi connectivity index (χ1n) is 7.24. The van der Waals surface area contributed by atoms with Crippen molar-refractivity contribution in [3.05, 3.63) is 30.1 Å². The summed E-state index contributed by atoms with van der Waals surface area (Å²) in [4.78, 5) is 16.6. The lowest BCUT2D eigenvalue weighted by Gasteiger charge is -2.29. The molecule has 0 saturated heterocycles. The molecule has 1 aliphatic carbocycles. The second-order valence-electron chi connectivity index (χ2n) is 5.35. The van der Waals surface area contributed by atoms with Gasteiger partial charge in [-0.2, -0.15) is 0 Å². The number of pyridine rings is 1. The smallest absolute Gasteiger partial charge is 0.136 e. The monoisotopic (exact) mass is 245 g/mol. The Morgan fingerprint density at radius 3 is 2.89 bits per heavy atom. The molecule has 0 spiro atoms. The summed E-state index contributed by atoms with van der Waals surface area (Å²) in [5.41, 5.74) is 1.04. The first-order valence-corrected chi connectivity index (χ1v) is 7.24. The van der Waals surface area contributed by atoms with Crippen LogP contribution < -0.4 is 0 Å². The zero-order valence-corrected chi connectivity index (χ0v) is 11.3. The van der Waals surface area contributed by atoms with Gasteiger partial charge >= 0.3 is 0 Å². The highest BCUT2D eigenvalue weighted by atomic mass is 16.1. The van der Waals surface area contributed by atoms with Crippen LogP contribution in [-0.2, 0) is 11.2 Å². The molecule has 1 aliphatic rings. The van der Waals surface area contributed by atoms with Crippen molar-refractivity contribution in [2.45, 2.75) is 51.9 Å². The van der Waals surface area contributed by atoms with Crippen molar-refractivity contribution in [1.29, 1.82) is 0 Å². The molecule has 0 N–H and O–H groups in total. The van der Waals surface area contributed by atoms with Crippen LogP contribution in [0.1, 0.15) is 51.1 Å². The lowest BCUT2D eigenvalue weighted by atomic mass is 9.75. The van der Waals surface area contributed by atoms with Crippen LogP contribution in [0.25, 0.3) is 0 Å². The van der Waals surface area contributed by atoms with E-state index in [0.717, 1.165) is 25.0 Å². The minimum Gasteiger partial charge on any atom is -0.299 e.